The SMILES string of the molecule is C1=CC2CC1CC2COP1(Oc2ccccc2)=NP(Oc2ccccc2)N(Oc2ccccc2)P(Oc2ccccc2)N1Oc1ccccc1. The van der Waals surface area contributed by atoms with Crippen LogP contribution in [0, 0.1) is 17.8 Å². The van der Waals surface area contributed by atoms with E-state index in [1.807, 2.05) is 152 Å². The first-order chi connectivity index (χ1) is 24.7. The van der Waals surface area contributed by atoms with Crippen molar-refractivity contribution in [2.75, 3.05) is 6.61 Å². The number of benzene rings is 5. The smallest absolute Gasteiger partial charge is 0.392 e. The molecule has 3 aliphatic rings. The first kappa shape index (κ1) is 33.0. The van der Waals surface area contributed by atoms with E-state index >= 15 is 0 Å². The highest BCUT2D eigenvalue weighted by Gasteiger charge is 2.57. The first-order valence-electron chi connectivity index (χ1n) is 16.5. The number of fused-ring (bicyclic) bond motifs is 2. The number of hydrogen-bond acceptors (Lipinski definition) is 9. The van der Waals surface area contributed by atoms with E-state index in [1.54, 1.807) is 9.21 Å². The van der Waals surface area contributed by atoms with Gasteiger partial charge in [-0.15, -0.1) is 4.52 Å². The molecule has 0 amide bonds. The van der Waals surface area contributed by atoms with Gasteiger partial charge in [-0.1, -0.05) is 103 Å². The van der Waals surface area contributed by atoms with Crippen LogP contribution in [0.2, 0.25) is 0 Å². The van der Waals surface area contributed by atoms with Gasteiger partial charge in [0.1, 0.15) is 28.7 Å². The van der Waals surface area contributed by atoms with Crippen molar-refractivity contribution in [1.82, 2.24) is 9.21 Å². The zero-order chi connectivity index (χ0) is 33.6. The van der Waals surface area contributed by atoms with E-state index in [-0.39, 0.29) is 0 Å². The Morgan fingerprint density at radius 1 is 0.580 bits per heavy atom. The van der Waals surface area contributed by atoms with E-state index in [4.69, 9.17) is 32.3 Å². The summed E-state index contributed by atoms with van der Waals surface area (Å²) in [6, 6.07) is 47.8. The maximum absolute atomic E-state index is 7.11. The van der Waals surface area contributed by atoms with Crippen molar-refractivity contribution < 1.29 is 27.8 Å². The second-order valence-corrected chi connectivity index (χ2v) is 17.5. The van der Waals surface area contributed by atoms with Gasteiger partial charge < -0.3 is 27.8 Å². The lowest BCUT2D eigenvalue weighted by Crippen LogP contribution is -2.37. The van der Waals surface area contributed by atoms with Gasteiger partial charge in [0, 0.05) is 9.21 Å². The van der Waals surface area contributed by atoms with Gasteiger partial charge in [0.25, 0.3) is 0 Å². The number of hydrogen-bond donors (Lipinski definition) is 0. The van der Waals surface area contributed by atoms with Gasteiger partial charge in [-0.25, -0.2) is 0 Å². The molecule has 9 nitrogen and oxygen atoms in total. The van der Waals surface area contributed by atoms with E-state index in [0.717, 1.165) is 12.8 Å². The zero-order valence-electron chi connectivity index (χ0n) is 27.1. The third-order valence-electron chi connectivity index (χ3n) is 8.41. The second-order valence-electron chi connectivity index (χ2n) is 11.9. The van der Waals surface area contributed by atoms with Crippen molar-refractivity contribution in [3.05, 3.63) is 164 Å². The molecule has 1 fully saturated rings. The van der Waals surface area contributed by atoms with Crippen LogP contribution in [-0.4, -0.2) is 15.8 Å². The third-order valence-corrected chi connectivity index (χ3v) is 15.3. The number of nitrogens with zero attached hydrogens (tertiary/aromatic N) is 3. The summed E-state index contributed by atoms with van der Waals surface area (Å²) in [4.78, 5) is 13.5. The van der Waals surface area contributed by atoms with Gasteiger partial charge in [-0.2, -0.15) is 0 Å². The van der Waals surface area contributed by atoms with Crippen molar-refractivity contribution in [2.45, 2.75) is 12.8 Å². The molecule has 50 heavy (non-hydrogen) atoms. The van der Waals surface area contributed by atoms with Gasteiger partial charge in [0.05, 0.1) is 6.61 Å². The number of para-hydroxylation sites is 5. The van der Waals surface area contributed by atoms with Crippen molar-refractivity contribution in [3.8, 4) is 28.7 Å². The van der Waals surface area contributed by atoms with E-state index in [0.29, 0.717) is 53.1 Å². The minimum atomic E-state index is -3.59. The molecule has 1 aliphatic heterocycles. The van der Waals surface area contributed by atoms with Crippen LogP contribution in [0.3, 0.4) is 0 Å². The Bertz CT molecular complexity index is 1910. The fourth-order valence-electron chi connectivity index (χ4n) is 6.03. The van der Waals surface area contributed by atoms with Gasteiger partial charge in [0.15, 0.2) is 0 Å². The van der Waals surface area contributed by atoms with Gasteiger partial charge >= 0.3 is 24.6 Å². The molecule has 0 saturated heterocycles. The number of rotatable bonds is 13. The predicted molar refractivity (Wildman–Crippen MR) is 197 cm³/mol. The van der Waals surface area contributed by atoms with Crippen LogP contribution < -0.4 is 23.2 Å². The Morgan fingerprint density at radius 3 is 1.64 bits per heavy atom. The van der Waals surface area contributed by atoms with Crippen LogP contribution >= 0.6 is 24.6 Å². The molecule has 0 N–H and O–H groups in total. The molecule has 2 aliphatic carbocycles. The molecular weight excluding hydrogens is 687 g/mol. The minimum absolute atomic E-state index is 0.316. The molecule has 0 spiro atoms. The standard InChI is InChI=1S/C38H36N3O6P3/c1-6-16-34(17-7-1)43-40-48(45-36-20-10-3-11-21-36)39-50(47-38-24-14-5-15-25-38,42-30-33-29-31-26-27-32(33)28-31)41(44-35-18-8-2-9-19-35)49(40)46-37-22-12-4-13-23-37/h1-27,31-33H,28-30H2. The van der Waals surface area contributed by atoms with Crippen molar-refractivity contribution >= 4 is 24.6 Å². The van der Waals surface area contributed by atoms with Gasteiger partial charge in [-0.05, 0) is 91.3 Å². The molecule has 0 aromatic heterocycles. The predicted octanol–water partition coefficient (Wildman–Crippen LogP) is 11.5. The molecule has 12 heteroatoms. The van der Waals surface area contributed by atoms with E-state index < -0.39 is 24.6 Å². The zero-order valence-corrected chi connectivity index (χ0v) is 29.8. The molecule has 1 saturated carbocycles. The molecular formula is C38H36N3O6P3. The Morgan fingerprint density at radius 2 is 1.10 bits per heavy atom. The van der Waals surface area contributed by atoms with Gasteiger partial charge in [0.2, 0.25) is 0 Å². The van der Waals surface area contributed by atoms with E-state index in [2.05, 4.69) is 12.2 Å². The minimum Gasteiger partial charge on any atom is -0.440 e. The van der Waals surface area contributed by atoms with Crippen LogP contribution in [0.25, 0.3) is 0 Å². The maximum Gasteiger partial charge on any atom is 0.392 e. The molecule has 5 aromatic carbocycles. The summed E-state index contributed by atoms with van der Waals surface area (Å²) in [7, 11) is -7.63. The largest absolute Gasteiger partial charge is 0.440 e. The molecule has 0 radical (unpaired) electrons. The normalized spacial score (nSPS) is 25.8. The summed E-state index contributed by atoms with van der Waals surface area (Å²) in [6.07, 6.45) is 6.86. The average Bonchev–Trinajstić information content (AvgIpc) is 3.80. The topological polar surface area (TPSA) is 74.2 Å². The molecule has 6 unspecified atom stereocenters. The Kier molecular flexibility index (Phi) is 10.1. The molecule has 8 rings (SSSR count). The highest BCUT2D eigenvalue weighted by Crippen LogP contribution is 2.78. The average molecular weight is 724 g/mol. The lowest BCUT2D eigenvalue weighted by Gasteiger charge is -2.44. The monoisotopic (exact) mass is 723 g/mol. The molecule has 254 valence electrons. The summed E-state index contributed by atoms with van der Waals surface area (Å²) in [5, 5.41) is 0. The van der Waals surface area contributed by atoms with Crippen LogP contribution in [0.4, 0.5) is 0 Å². The van der Waals surface area contributed by atoms with Gasteiger partial charge in [-0.3, -0.25) is 0 Å². The summed E-state index contributed by atoms with van der Waals surface area (Å²) in [5.41, 5.74) is 0. The van der Waals surface area contributed by atoms with Crippen molar-refractivity contribution in [3.63, 3.8) is 0 Å². The molecule has 5 aromatic rings. The van der Waals surface area contributed by atoms with Crippen LogP contribution in [0.1, 0.15) is 12.8 Å². The van der Waals surface area contributed by atoms with Crippen LogP contribution in [0.5, 0.6) is 28.7 Å². The Labute approximate surface area is 295 Å². The number of allylic oxidation sites excluding steroid dienone is 2. The lowest BCUT2D eigenvalue weighted by atomic mass is 9.95. The summed E-state index contributed by atoms with van der Waals surface area (Å²) >= 11 is 0. The second kappa shape index (κ2) is 15.4. The highest BCUT2D eigenvalue weighted by molar-refractivity contribution is 7.78. The molecule has 6 atom stereocenters. The summed E-state index contributed by atoms with van der Waals surface area (Å²) < 4.78 is 36.5. The summed E-state index contributed by atoms with van der Waals surface area (Å²) in [5.74, 6) is 4.30. The lowest BCUT2D eigenvalue weighted by molar-refractivity contribution is 0.0448. The fourth-order valence-corrected chi connectivity index (χ4v) is 13.7. The third kappa shape index (κ3) is 7.60. The Hall–Kier alpha value is -4.19. The Balaban J connectivity index is 1.30. The maximum atomic E-state index is 7.11. The van der Waals surface area contributed by atoms with E-state index in [1.165, 1.54) is 0 Å². The first-order valence-corrected chi connectivity index (χ1v) is 20.4. The summed E-state index contributed by atoms with van der Waals surface area (Å²) in [6.45, 7) is 0.423. The van der Waals surface area contributed by atoms with E-state index in [9.17, 15) is 0 Å². The van der Waals surface area contributed by atoms with Crippen molar-refractivity contribution in [2.24, 2.45) is 22.3 Å². The molecule has 1 heterocycles. The van der Waals surface area contributed by atoms with Crippen LogP contribution in [-0.2, 0) is 4.52 Å². The quantitative estimate of drug-likeness (QED) is 0.0878. The fraction of sp³-hybridized carbons (Fsp3) is 0.158. The van der Waals surface area contributed by atoms with Crippen LogP contribution in [0.15, 0.2) is 168 Å². The van der Waals surface area contributed by atoms with Crippen molar-refractivity contribution in [1.29, 1.82) is 0 Å². The molecule has 2 bridgehead atoms. The highest BCUT2D eigenvalue weighted by atomic mass is 31.3.